The molecule has 0 saturated carbocycles. The molecule has 5 heteroatoms. The molecule has 0 spiro atoms. The van der Waals surface area contributed by atoms with Crippen LogP contribution in [0.4, 0.5) is 0 Å². The summed E-state index contributed by atoms with van der Waals surface area (Å²) in [6, 6.07) is 11.3. The molecule has 2 heterocycles. The van der Waals surface area contributed by atoms with Crippen molar-refractivity contribution in [2.24, 2.45) is 0 Å². The molecule has 0 aliphatic carbocycles. The lowest BCUT2D eigenvalue weighted by molar-refractivity contribution is 0.900. The Kier molecular flexibility index (Phi) is 2.94. The number of halogens is 2. The predicted octanol–water partition coefficient (Wildman–Crippen LogP) is 3.63. The predicted molar refractivity (Wildman–Crippen MR) is 72.3 cm³/mol. The molecule has 2 aromatic heterocycles. The first-order chi connectivity index (χ1) is 8.72. The van der Waals surface area contributed by atoms with Gasteiger partial charge >= 0.3 is 0 Å². The van der Waals surface area contributed by atoms with Gasteiger partial charge < -0.3 is 0 Å². The van der Waals surface area contributed by atoms with E-state index in [0.717, 1.165) is 16.4 Å². The maximum absolute atomic E-state index is 6.05. The van der Waals surface area contributed by atoms with Crippen LogP contribution < -0.4 is 0 Å². The van der Waals surface area contributed by atoms with Crippen LogP contribution in [0.1, 0.15) is 11.4 Å². The van der Waals surface area contributed by atoms with Crippen LogP contribution >= 0.6 is 23.2 Å². The first kappa shape index (κ1) is 11.5. The highest BCUT2D eigenvalue weighted by atomic mass is 35.5. The summed E-state index contributed by atoms with van der Waals surface area (Å²) in [7, 11) is 0. The normalized spacial score (nSPS) is 11.0. The van der Waals surface area contributed by atoms with Gasteiger partial charge in [0, 0.05) is 17.6 Å². The molecule has 0 N–H and O–H groups in total. The zero-order valence-electron chi connectivity index (χ0n) is 9.35. The van der Waals surface area contributed by atoms with Gasteiger partial charge in [0.05, 0.1) is 5.02 Å². The van der Waals surface area contributed by atoms with Crippen molar-refractivity contribution < 1.29 is 0 Å². The van der Waals surface area contributed by atoms with Crippen molar-refractivity contribution in [1.82, 2.24) is 14.6 Å². The summed E-state index contributed by atoms with van der Waals surface area (Å²) in [5.74, 6) is 0.741. The second kappa shape index (κ2) is 4.59. The first-order valence-corrected chi connectivity index (χ1v) is 6.22. The second-order valence-electron chi connectivity index (χ2n) is 3.96. The van der Waals surface area contributed by atoms with Crippen LogP contribution in [0, 0.1) is 0 Å². The van der Waals surface area contributed by atoms with Crippen LogP contribution in [-0.2, 0) is 6.42 Å². The van der Waals surface area contributed by atoms with Gasteiger partial charge in [0.1, 0.15) is 0 Å². The molecule has 18 heavy (non-hydrogen) atoms. The highest BCUT2D eigenvalue weighted by Crippen LogP contribution is 2.16. The molecule has 0 unspecified atom stereocenters. The van der Waals surface area contributed by atoms with Gasteiger partial charge in [-0.3, -0.25) is 0 Å². The van der Waals surface area contributed by atoms with Crippen molar-refractivity contribution in [3.63, 3.8) is 0 Å². The van der Waals surface area contributed by atoms with Crippen LogP contribution in [0.5, 0.6) is 0 Å². The van der Waals surface area contributed by atoms with Gasteiger partial charge in [0.25, 0.3) is 0 Å². The smallest absolute Gasteiger partial charge is 0.174 e. The van der Waals surface area contributed by atoms with E-state index >= 15 is 0 Å². The molecule has 0 aliphatic rings. The third-order valence-corrected chi connectivity index (χ3v) is 3.18. The number of pyridine rings is 1. The Labute approximate surface area is 114 Å². The van der Waals surface area contributed by atoms with Gasteiger partial charge in [-0.25, -0.2) is 9.50 Å². The van der Waals surface area contributed by atoms with Crippen LogP contribution in [0.15, 0.2) is 42.6 Å². The largest absolute Gasteiger partial charge is 0.219 e. The van der Waals surface area contributed by atoms with E-state index in [1.54, 1.807) is 10.6 Å². The van der Waals surface area contributed by atoms with Crippen molar-refractivity contribution in [3.8, 4) is 0 Å². The Morgan fingerprint density at radius 1 is 1.06 bits per heavy atom. The highest BCUT2D eigenvalue weighted by Gasteiger charge is 2.07. The van der Waals surface area contributed by atoms with E-state index in [1.807, 2.05) is 36.5 Å². The molecule has 0 atom stereocenters. The number of aromatic nitrogens is 3. The van der Waals surface area contributed by atoms with Crippen molar-refractivity contribution in [2.45, 2.75) is 6.42 Å². The number of fused-ring (bicyclic) bond motifs is 1. The van der Waals surface area contributed by atoms with Crippen molar-refractivity contribution in [1.29, 1.82) is 0 Å². The Balaban J connectivity index is 1.95. The highest BCUT2D eigenvalue weighted by molar-refractivity contribution is 6.33. The van der Waals surface area contributed by atoms with Gasteiger partial charge in [-0.1, -0.05) is 35.3 Å². The van der Waals surface area contributed by atoms with Gasteiger partial charge in [0.2, 0.25) is 0 Å². The van der Waals surface area contributed by atoms with Crippen molar-refractivity contribution >= 4 is 28.8 Å². The second-order valence-corrected chi connectivity index (χ2v) is 4.80. The minimum Gasteiger partial charge on any atom is -0.219 e. The van der Waals surface area contributed by atoms with Crippen molar-refractivity contribution in [3.05, 3.63) is 64.0 Å². The van der Waals surface area contributed by atoms with E-state index in [-0.39, 0.29) is 0 Å². The van der Waals surface area contributed by atoms with Crippen molar-refractivity contribution in [2.75, 3.05) is 0 Å². The van der Waals surface area contributed by atoms with E-state index in [0.29, 0.717) is 17.1 Å². The molecule has 3 nitrogen and oxygen atoms in total. The minimum absolute atomic E-state index is 0.604. The molecule has 0 bridgehead atoms. The Morgan fingerprint density at radius 3 is 2.56 bits per heavy atom. The van der Waals surface area contributed by atoms with E-state index in [9.17, 15) is 0 Å². The lowest BCUT2D eigenvalue weighted by Crippen LogP contribution is -1.91. The van der Waals surface area contributed by atoms with Gasteiger partial charge in [-0.15, -0.1) is 0 Å². The van der Waals surface area contributed by atoms with E-state index in [2.05, 4.69) is 10.1 Å². The Hall–Kier alpha value is -1.58. The van der Waals surface area contributed by atoms with Gasteiger partial charge in [-0.2, -0.15) is 5.10 Å². The standard InChI is InChI=1S/C13H9Cl2N3/c14-10-5-3-9(4-6-10)8-12-16-13-11(15)2-1-7-18(13)17-12/h1-7H,8H2. The fourth-order valence-electron chi connectivity index (χ4n) is 1.78. The minimum atomic E-state index is 0.604. The molecule has 3 rings (SSSR count). The number of hydrogen-bond donors (Lipinski definition) is 0. The maximum Gasteiger partial charge on any atom is 0.174 e. The Bertz CT molecular complexity index is 689. The zero-order chi connectivity index (χ0) is 12.5. The SMILES string of the molecule is Clc1ccc(Cc2nc3c(Cl)cccn3n2)cc1. The summed E-state index contributed by atoms with van der Waals surface area (Å²) in [5, 5.41) is 5.71. The Morgan fingerprint density at radius 2 is 1.83 bits per heavy atom. The van der Waals surface area contributed by atoms with Gasteiger partial charge in [-0.05, 0) is 29.8 Å². The van der Waals surface area contributed by atoms with E-state index < -0.39 is 0 Å². The summed E-state index contributed by atoms with van der Waals surface area (Å²) in [6.07, 6.45) is 2.49. The lowest BCUT2D eigenvalue weighted by atomic mass is 10.1. The van der Waals surface area contributed by atoms with E-state index in [4.69, 9.17) is 23.2 Å². The summed E-state index contributed by atoms with van der Waals surface area (Å²) in [5.41, 5.74) is 1.80. The molecule has 0 radical (unpaired) electrons. The quantitative estimate of drug-likeness (QED) is 0.716. The number of nitrogens with zero attached hydrogens (tertiary/aromatic N) is 3. The molecule has 0 amide bonds. The molecule has 0 fully saturated rings. The number of hydrogen-bond acceptors (Lipinski definition) is 2. The number of benzene rings is 1. The third kappa shape index (κ3) is 2.19. The van der Waals surface area contributed by atoms with Crippen LogP contribution in [0.2, 0.25) is 10.0 Å². The van der Waals surface area contributed by atoms with Crippen LogP contribution in [-0.4, -0.2) is 14.6 Å². The van der Waals surface area contributed by atoms with Crippen LogP contribution in [0.3, 0.4) is 0 Å². The summed E-state index contributed by atoms with van der Waals surface area (Å²) in [6.45, 7) is 0. The van der Waals surface area contributed by atoms with Crippen LogP contribution in [0.25, 0.3) is 5.65 Å². The molecule has 3 aromatic rings. The summed E-state index contributed by atoms with van der Waals surface area (Å²) in [4.78, 5) is 4.42. The summed E-state index contributed by atoms with van der Waals surface area (Å²) < 4.78 is 1.69. The molecule has 0 aliphatic heterocycles. The third-order valence-electron chi connectivity index (χ3n) is 2.63. The fourth-order valence-corrected chi connectivity index (χ4v) is 2.11. The molecule has 0 saturated heterocycles. The molecular formula is C13H9Cl2N3. The topological polar surface area (TPSA) is 30.2 Å². The fraction of sp³-hybridized carbons (Fsp3) is 0.0769. The average molecular weight is 278 g/mol. The zero-order valence-corrected chi connectivity index (χ0v) is 10.9. The average Bonchev–Trinajstić information content (AvgIpc) is 2.76. The maximum atomic E-state index is 6.05. The first-order valence-electron chi connectivity index (χ1n) is 5.46. The summed E-state index contributed by atoms with van der Waals surface area (Å²) >= 11 is 11.9. The molecule has 1 aromatic carbocycles. The van der Waals surface area contributed by atoms with E-state index in [1.165, 1.54) is 0 Å². The lowest BCUT2D eigenvalue weighted by Gasteiger charge is -1.96. The monoisotopic (exact) mass is 277 g/mol. The van der Waals surface area contributed by atoms with Gasteiger partial charge in [0.15, 0.2) is 11.5 Å². The number of rotatable bonds is 2. The molecule has 90 valence electrons. The molecular weight excluding hydrogens is 269 g/mol.